The van der Waals surface area contributed by atoms with E-state index in [0.717, 1.165) is 25.5 Å². The average molecular weight is 598 g/mol. The van der Waals surface area contributed by atoms with Crippen LogP contribution in [0.25, 0.3) is 22.2 Å². The molecule has 2 aromatic heterocycles. The van der Waals surface area contributed by atoms with Crippen LogP contribution in [0.5, 0.6) is 6.01 Å². The first-order chi connectivity index (χ1) is 19.3. The molecular weight excluding hydrogens is 569 g/mol. The lowest BCUT2D eigenvalue weighted by Gasteiger charge is -2.34. The Labute approximate surface area is 237 Å². The smallest absolute Gasteiger partial charge is 0.418 e. The minimum atomic E-state index is -4.86. The number of aryl methyl sites for hydroxylation is 1. The van der Waals surface area contributed by atoms with Gasteiger partial charge in [0.2, 0.25) is 0 Å². The minimum absolute atomic E-state index is 0.00496. The van der Waals surface area contributed by atoms with Gasteiger partial charge in [-0.05, 0) is 56.8 Å². The lowest BCUT2D eigenvalue weighted by atomic mass is 9.87. The average Bonchev–Trinajstić information content (AvgIpc) is 3.36. The Balaban J connectivity index is 1.47. The van der Waals surface area contributed by atoms with Gasteiger partial charge in [-0.2, -0.15) is 23.1 Å². The first-order valence-corrected chi connectivity index (χ1v) is 13.8. The predicted molar refractivity (Wildman–Crippen MR) is 145 cm³/mol. The van der Waals surface area contributed by atoms with Crippen LogP contribution < -0.4 is 21.5 Å². The fourth-order valence-electron chi connectivity index (χ4n) is 6.42. The minimum Gasteiger partial charge on any atom is -0.461 e. The van der Waals surface area contributed by atoms with Crippen LogP contribution in [0.4, 0.5) is 33.6 Å². The summed E-state index contributed by atoms with van der Waals surface area (Å²) in [7, 11) is 0. The molecule has 0 spiro atoms. The first kappa shape index (κ1) is 28.1. The number of nitrogens with zero attached hydrogens (tertiary/aromatic N) is 4. The summed E-state index contributed by atoms with van der Waals surface area (Å²) in [6, 6.07) is 2.13. The number of aromatic nitrogens is 3. The van der Waals surface area contributed by atoms with Gasteiger partial charge in [0.15, 0.2) is 5.82 Å². The van der Waals surface area contributed by atoms with Gasteiger partial charge in [0.1, 0.15) is 29.9 Å². The molecule has 0 radical (unpaired) electrons. The maximum absolute atomic E-state index is 16.3. The summed E-state index contributed by atoms with van der Waals surface area (Å²) in [4.78, 5) is 14.6. The molecule has 14 heteroatoms. The molecule has 3 aliphatic rings. The quantitative estimate of drug-likeness (QED) is 0.330. The van der Waals surface area contributed by atoms with Crippen molar-refractivity contribution in [3.63, 3.8) is 0 Å². The normalized spacial score (nSPS) is 26.3. The van der Waals surface area contributed by atoms with Crippen LogP contribution in [0.15, 0.2) is 12.1 Å². The Hall–Kier alpha value is -3.03. The highest BCUT2D eigenvalue weighted by atomic mass is 35.5. The van der Waals surface area contributed by atoms with Crippen molar-refractivity contribution in [2.24, 2.45) is 5.73 Å². The first-order valence-electron chi connectivity index (χ1n) is 13.4. The van der Waals surface area contributed by atoms with Crippen LogP contribution in [-0.2, 0) is 6.18 Å². The van der Waals surface area contributed by atoms with Crippen LogP contribution in [0.1, 0.15) is 43.2 Å². The summed E-state index contributed by atoms with van der Waals surface area (Å²) in [6.07, 6.45) is -2.60. The molecule has 1 aromatic carbocycles. The van der Waals surface area contributed by atoms with E-state index in [0.29, 0.717) is 25.8 Å². The predicted octanol–water partition coefficient (Wildman–Crippen LogP) is 5.25. The molecule has 4 heterocycles. The van der Waals surface area contributed by atoms with Gasteiger partial charge in [-0.15, -0.1) is 0 Å². The monoisotopic (exact) mass is 597 g/mol. The Kier molecular flexibility index (Phi) is 6.89. The number of fused-ring (bicyclic) bond motifs is 2. The zero-order valence-corrected chi connectivity index (χ0v) is 22.9. The van der Waals surface area contributed by atoms with E-state index in [1.54, 1.807) is 0 Å². The van der Waals surface area contributed by atoms with Gasteiger partial charge in [-0.1, -0.05) is 11.6 Å². The van der Waals surface area contributed by atoms with Crippen LogP contribution in [-0.4, -0.2) is 63.3 Å². The number of nitrogens with two attached hydrogens (primary N) is 2. The molecule has 220 valence electrons. The van der Waals surface area contributed by atoms with Crippen molar-refractivity contribution in [2.75, 3.05) is 30.7 Å². The third-order valence-corrected chi connectivity index (χ3v) is 8.66. The van der Waals surface area contributed by atoms with Crippen molar-refractivity contribution in [1.29, 1.82) is 0 Å². The van der Waals surface area contributed by atoms with E-state index in [4.69, 9.17) is 27.8 Å². The van der Waals surface area contributed by atoms with Crippen molar-refractivity contribution in [3.8, 4) is 17.3 Å². The second-order valence-electron chi connectivity index (χ2n) is 11.3. The van der Waals surface area contributed by atoms with Crippen molar-refractivity contribution >= 4 is 34.1 Å². The van der Waals surface area contributed by atoms with Gasteiger partial charge in [0, 0.05) is 30.4 Å². The molecule has 6 rings (SSSR count). The molecule has 0 unspecified atom stereocenters. The van der Waals surface area contributed by atoms with E-state index in [-0.39, 0.29) is 57.8 Å². The highest BCUT2D eigenvalue weighted by Gasteiger charge is 2.49. The topological polar surface area (TPSA) is 115 Å². The number of pyridine rings is 1. The van der Waals surface area contributed by atoms with Crippen molar-refractivity contribution in [2.45, 2.75) is 69.0 Å². The second kappa shape index (κ2) is 10.1. The van der Waals surface area contributed by atoms with E-state index in [1.165, 1.54) is 13.0 Å². The van der Waals surface area contributed by atoms with Crippen LogP contribution in [0.3, 0.4) is 0 Å². The number of nitrogen functional groups attached to an aromatic ring is 1. The number of halogens is 6. The molecule has 1 aliphatic carbocycles. The number of hydrogen-bond donors (Lipinski definition) is 3. The summed E-state index contributed by atoms with van der Waals surface area (Å²) >= 11 is 6.45. The molecule has 3 fully saturated rings. The Morgan fingerprint density at radius 3 is 2.68 bits per heavy atom. The molecular formula is C27H29ClF5N7O. The third-order valence-electron chi connectivity index (χ3n) is 8.37. The maximum atomic E-state index is 16.3. The van der Waals surface area contributed by atoms with E-state index < -0.39 is 40.5 Å². The maximum Gasteiger partial charge on any atom is 0.418 e. The second-order valence-corrected chi connectivity index (χ2v) is 11.7. The van der Waals surface area contributed by atoms with Gasteiger partial charge in [0.05, 0.1) is 27.4 Å². The lowest BCUT2D eigenvalue weighted by Crippen LogP contribution is -2.44. The summed E-state index contributed by atoms with van der Waals surface area (Å²) in [6.45, 7) is 2.37. The SMILES string of the molecule is Cc1cc(N)nc(-c2c(Cl)cc3c(NC4CC(N)C4)nc(OC[C@]45CCCN4C[C@H](F)C5)nc3c2F)c1C(F)(F)F. The zero-order valence-electron chi connectivity index (χ0n) is 22.2. The van der Waals surface area contributed by atoms with E-state index in [2.05, 4.69) is 25.2 Å². The highest BCUT2D eigenvalue weighted by Crippen LogP contribution is 2.45. The standard InChI is InChI=1S/C27H29ClF5N7O/c1-12-5-18(35)37-23(20(12)27(31,32)33)19-17(28)8-16-22(21(19)30)38-25(39-24(16)36-15-6-14(34)7-15)41-11-26-3-2-4-40(26)10-13(29)9-26/h5,8,13-15H,2-4,6-7,9-11,34H2,1H3,(H2,35,37)(H,36,38,39)/t13-,14?,15?,26-/m1/s1. The highest BCUT2D eigenvalue weighted by molar-refractivity contribution is 6.34. The van der Waals surface area contributed by atoms with Crippen LogP contribution in [0.2, 0.25) is 5.02 Å². The van der Waals surface area contributed by atoms with Gasteiger partial charge in [0.25, 0.3) is 0 Å². The molecule has 3 aromatic rings. The number of benzene rings is 1. The Bertz CT molecular complexity index is 1520. The molecule has 0 bridgehead atoms. The number of hydrogen-bond acceptors (Lipinski definition) is 8. The molecule has 2 saturated heterocycles. The molecule has 2 atom stereocenters. The van der Waals surface area contributed by atoms with Crippen molar-refractivity contribution in [3.05, 3.63) is 34.1 Å². The van der Waals surface area contributed by atoms with Crippen molar-refractivity contribution in [1.82, 2.24) is 19.9 Å². The van der Waals surface area contributed by atoms with E-state index in [9.17, 15) is 17.6 Å². The molecule has 0 amide bonds. The van der Waals surface area contributed by atoms with Gasteiger partial charge in [-0.25, -0.2) is 13.8 Å². The lowest BCUT2D eigenvalue weighted by molar-refractivity contribution is -0.137. The third kappa shape index (κ3) is 5.01. The van der Waals surface area contributed by atoms with Crippen LogP contribution >= 0.6 is 11.6 Å². The van der Waals surface area contributed by atoms with Crippen molar-refractivity contribution < 1.29 is 26.7 Å². The fraction of sp³-hybridized carbons (Fsp3) is 0.519. The summed E-state index contributed by atoms with van der Waals surface area (Å²) in [5.41, 5.74) is 8.18. The number of alkyl halides is 4. The van der Waals surface area contributed by atoms with E-state index in [1.807, 2.05) is 0 Å². The fourth-order valence-corrected chi connectivity index (χ4v) is 6.71. The molecule has 2 aliphatic heterocycles. The molecule has 41 heavy (non-hydrogen) atoms. The number of anilines is 2. The largest absolute Gasteiger partial charge is 0.461 e. The molecule has 8 nitrogen and oxygen atoms in total. The van der Waals surface area contributed by atoms with Gasteiger partial charge in [-0.3, -0.25) is 4.90 Å². The number of rotatable bonds is 6. The summed E-state index contributed by atoms with van der Waals surface area (Å²) < 4.78 is 78.9. The zero-order chi connectivity index (χ0) is 29.3. The molecule has 1 saturated carbocycles. The van der Waals surface area contributed by atoms with Gasteiger partial charge < -0.3 is 21.5 Å². The Morgan fingerprint density at radius 1 is 1.22 bits per heavy atom. The Morgan fingerprint density at radius 2 is 1.98 bits per heavy atom. The van der Waals surface area contributed by atoms with Gasteiger partial charge >= 0.3 is 12.2 Å². The van der Waals surface area contributed by atoms with E-state index >= 15 is 4.39 Å². The number of ether oxygens (including phenoxy) is 1. The summed E-state index contributed by atoms with van der Waals surface area (Å²) in [5, 5.41) is 3.06. The van der Waals surface area contributed by atoms with Crippen LogP contribution in [0, 0.1) is 12.7 Å². The molecule has 5 N–H and O–H groups in total. The number of nitrogens with one attached hydrogen (secondary N) is 1. The summed E-state index contributed by atoms with van der Waals surface area (Å²) in [5.74, 6) is -1.14.